The topological polar surface area (TPSA) is 94.1 Å². The molecule has 0 saturated heterocycles. The van der Waals surface area contributed by atoms with Crippen molar-refractivity contribution in [3.63, 3.8) is 0 Å². The van der Waals surface area contributed by atoms with Gasteiger partial charge in [-0.05, 0) is 36.8 Å². The van der Waals surface area contributed by atoms with Crippen molar-refractivity contribution in [2.45, 2.75) is 26.4 Å². The van der Waals surface area contributed by atoms with E-state index in [1.165, 1.54) is 4.31 Å². The van der Waals surface area contributed by atoms with Crippen molar-refractivity contribution in [3.05, 3.63) is 84.3 Å². The summed E-state index contributed by atoms with van der Waals surface area (Å²) in [7, 11) is -3.67. The first-order chi connectivity index (χ1) is 15.8. The highest BCUT2D eigenvalue weighted by molar-refractivity contribution is 7.92. The summed E-state index contributed by atoms with van der Waals surface area (Å²) in [6.07, 6.45) is 0.529. The fraction of sp³-hybridized carbons (Fsp3) is 0.227. The molecule has 4 aromatic rings. The Balaban J connectivity index is 1.56. The van der Waals surface area contributed by atoms with E-state index in [2.05, 4.69) is 15.2 Å². The van der Waals surface area contributed by atoms with Crippen LogP contribution >= 0.6 is 0 Å². The first-order valence-corrected chi connectivity index (χ1v) is 11.7. The van der Waals surface area contributed by atoms with Crippen LogP contribution in [-0.4, -0.2) is 33.9 Å². The third-order valence-electron chi connectivity index (χ3n) is 5.05. The maximum Gasteiger partial charge on any atom is 0.314 e. The van der Waals surface area contributed by atoms with Gasteiger partial charge in [0.05, 0.1) is 18.0 Å². The zero-order chi connectivity index (χ0) is 23.4. The van der Waals surface area contributed by atoms with E-state index in [-0.39, 0.29) is 24.7 Å². The summed E-state index contributed by atoms with van der Waals surface area (Å²) >= 11 is 0. The first kappa shape index (κ1) is 22.6. The number of imidazole rings is 1. The average molecular weight is 474 g/mol. The Morgan fingerprint density at radius 1 is 1.06 bits per heavy atom. The van der Waals surface area contributed by atoms with Gasteiger partial charge in [0.15, 0.2) is 0 Å². The summed E-state index contributed by atoms with van der Waals surface area (Å²) in [5, 5.41) is 6.95. The van der Waals surface area contributed by atoms with Gasteiger partial charge >= 0.3 is 6.43 Å². The minimum atomic E-state index is -3.67. The van der Waals surface area contributed by atoms with Crippen LogP contribution in [0, 0.1) is 6.92 Å². The molecule has 0 aliphatic rings. The van der Waals surface area contributed by atoms with Crippen molar-refractivity contribution in [2.24, 2.45) is 0 Å². The predicted molar refractivity (Wildman–Crippen MR) is 118 cm³/mol. The van der Waals surface area contributed by atoms with E-state index < -0.39 is 22.3 Å². The Bertz CT molecular complexity index is 1310. The van der Waals surface area contributed by atoms with Crippen LogP contribution in [0.3, 0.4) is 0 Å². The largest absolute Gasteiger partial charge is 0.415 e. The van der Waals surface area contributed by atoms with Crippen molar-refractivity contribution >= 4 is 15.7 Å². The van der Waals surface area contributed by atoms with Gasteiger partial charge in [-0.2, -0.15) is 8.78 Å². The average Bonchev–Trinajstić information content (AvgIpc) is 3.46. The molecule has 0 fully saturated rings. The second kappa shape index (κ2) is 9.49. The number of nitrogens with zero attached hydrogens (tertiary/aromatic N) is 5. The zero-order valence-electron chi connectivity index (χ0n) is 17.7. The molecule has 0 atom stereocenters. The minimum absolute atomic E-state index is 0.0277. The fourth-order valence-corrected chi connectivity index (χ4v) is 4.70. The molecule has 0 amide bonds. The van der Waals surface area contributed by atoms with Crippen LogP contribution in [0.1, 0.15) is 23.7 Å². The SMILES string of the molecule is Cc1nccn1CCS(=O)(=O)N(Cc1ccc(-c2nnc(C(F)F)o2)cc1)c1ccccc1. The molecule has 0 aliphatic carbocycles. The third kappa shape index (κ3) is 5.25. The highest BCUT2D eigenvalue weighted by Crippen LogP contribution is 2.25. The summed E-state index contributed by atoms with van der Waals surface area (Å²) in [4.78, 5) is 4.13. The Labute approximate surface area is 189 Å². The molecule has 0 N–H and O–H groups in total. The number of aryl methyl sites for hydroxylation is 2. The quantitative estimate of drug-likeness (QED) is 0.361. The maximum atomic E-state index is 13.3. The van der Waals surface area contributed by atoms with E-state index in [1.54, 1.807) is 65.5 Å². The van der Waals surface area contributed by atoms with Crippen molar-refractivity contribution < 1.29 is 21.6 Å². The normalized spacial score (nSPS) is 11.8. The second-order valence-electron chi connectivity index (χ2n) is 7.27. The molecule has 0 bridgehead atoms. The summed E-state index contributed by atoms with van der Waals surface area (Å²) < 4.78 is 60.1. The van der Waals surface area contributed by atoms with E-state index >= 15 is 0 Å². The Morgan fingerprint density at radius 2 is 1.79 bits per heavy atom. The number of aromatic nitrogens is 4. The van der Waals surface area contributed by atoms with Gasteiger partial charge in [-0.1, -0.05) is 30.3 Å². The van der Waals surface area contributed by atoms with Gasteiger partial charge in [0.25, 0.3) is 5.89 Å². The van der Waals surface area contributed by atoms with Crippen molar-refractivity contribution in [2.75, 3.05) is 10.1 Å². The lowest BCUT2D eigenvalue weighted by Crippen LogP contribution is -2.34. The lowest BCUT2D eigenvalue weighted by Gasteiger charge is -2.25. The number of hydrogen-bond donors (Lipinski definition) is 0. The minimum Gasteiger partial charge on any atom is -0.415 e. The number of rotatable bonds is 9. The van der Waals surface area contributed by atoms with Crippen LogP contribution in [0.4, 0.5) is 14.5 Å². The Hall–Kier alpha value is -3.60. The molecule has 0 radical (unpaired) electrons. The summed E-state index contributed by atoms with van der Waals surface area (Å²) in [6.45, 7) is 2.19. The van der Waals surface area contributed by atoms with Crippen LogP contribution in [0.15, 0.2) is 71.4 Å². The number of sulfonamides is 1. The highest BCUT2D eigenvalue weighted by atomic mass is 32.2. The summed E-state index contributed by atoms with van der Waals surface area (Å²) in [5.41, 5.74) is 1.71. The number of para-hydroxylation sites is 1. The lowest BCUT2D eigenvalue weighted by molar-refractivity contribution is 0.116. The molecule has 0 spiro atoms. The van der Waals surface area contributed by atoms with Crippen molar-refractivity contribution in [1.29, 1.82) is 0 Å². The Morgan fingerprint density at radius 3 is 2.39 bits per heavy atom. The van der Waals surface area contributed by atoms with Gasteiger partial charge in [0.1, 0.15) is 5.82 Å². The molecular formula is C22H21F2N5O3S. The summed E-state index contributed by atoms with van der Waals surface area (Å²) in [5.74, 6) is -0.137. The molecule has 2 heterocycles. The zero-order valence-corrected chi connectivity index (χ0v) is 18.5. The van der Waals surface area contributed by atoms with Crippen molar-refractivity contribution in [1.82, 2.24) is 19.7 Å². The van der Waals surface area contributed by atoms with E-state index in [0.29, 0.717) is 16.8 Å². The van der Waals surface area contributed by atoms with Gasteiger partial charge in [0.2, 0.25) is 15.9 Å². The fourth-order valence-electron chi connectivity index (χ4n) is 3.27. The van der Waals surface area contributed by atoms with Crippen LogP contribution in [0.5, 0.6) is 0 Å². The standard InChI is InChI=1S/C22H21F2N5O3S/c1-16-25-11-12-28(16)13-14-33(30,31)29(19-5-3-2-4-6-19)15-17-7-9-18(10-8-17)21-26-27-22(32-21)20(23)24/h2-12,20H,13-15H2,1H3. The third-order valence-corrected chi connectivity index (χ3v) is 6.76. The maximum absolute atomic E-state index is 13.3. The molecule has 33 heavy (non-hydrogen) atoms. The number of alkyl halides is 2. The van der Waals surface area contributed by atoms with Gasteiger partial charge in [-0.3, -0.25) is 4.31 Å². The molecular weight excluding hydrogens is 452 g/mol. The van der Waals surface area contributed by atoms with Crippen LogP contribution in [0.25, 0.3) is 11.5 Å². The van der Waals surface area contributed by atoms with E-state index in [9.17, 15) is 17.2 Å². The van der Waals surface area contributed by atoms with Gasteiger partial charge in [0, 0.05) is 24.5 Å². The number of anilines is 1. The highest BCUT2D eigenvalue weighted by Gasteiger charge is 2.23. The first-order valence-electron chi connectivity index (χ1n) is 10.1. The van der Waals surface area contributed by atoms with Crippen LogP contribution < -0.4 is 4.31 Å². The van der Waals surface area contributed by atoms with Gasteiger partial charge in [-0.25, -0.2) is 13.4 Å². The van der Waals surface area contributed by atoms with E-state index in [1.807, 2.05) is 13.0 Å². The van der Waals surface area contributed by atoms with Crippen molar-refractivity contribution in [3.8, 4) is 11.5 Å². The van der Waals surface area contributed by atoms with Gasteiger partial charge < -0.3 is 8.98 Å². The van der Waals surface area contributed by atoms with Gasteiger partial charge in [-0.15, -0.1) is 10.2 Å². The molecule has 0 unspecified atom stereocenters. The Kier molecular flexibility index (Phi) is 6.50. The molecule has 172 valence electrons. The van der Waals surface area contributed by atoms with E-state index in [4.69, 9.17) is 4.42 Å². The van der Waals surface area contributed by atoms with E-state index in [0.717, 1.165) is 5.82 Å². The second-order valence-corrected chi connectivity index (χ2v) is 9.28. The predicted octanol–water partition coefficient (Wildman–Crippen LogP) is 4.22. The molecule has 2 aromatic carbocycles. The molecule has 0 aliphatic heterocycles. The smallest absolute Gasteiger partial charge is 0.314 e. The molecule has 4 rings (SSSR count). The molecule has 11 heteroatoms. The number of hydrogen-bond acceptors (Lipinski definition) is 6. The van der Waals surface area contributed by atoms with Crippen LogP contribution in [0.2, 0.25) is 0 Å². The van der Waals surface area contributed by atoms with Crippen LogP contribution in [-0.2, 0) is 23.1 Å². The summed E-state index contributed by atoms with van der Waals surface area (Å²) in [6, 6.07) is 15.5. The molecule has 8 nitrogen and oxygen atoms in total. The lowest BCUT2D eigenvalue weighted by atomic mass is 10.1. The molecule has 2 aromatic heterocycles. The number of benzene rings is 2. The molecule has 0 saturated carbocycles. The monoisotopic (exact) mass is 473 g/mol. The number of halogens is 2.